The molecule has 2 aromatic heterocycles. The van der Waals surface area contributed by atoms with Gasteiger partial charge in [-0.05, 0) is 38.3 Å². The minimum atomic E-state index is -3.11. The Morgan fingerprint density at radius 2 is 2.03 bits per heavy atom. The van der Waals surface area contributed by atoms with Crippen LogP contribution in [-0.4, -0.2) is 71.3 Å². The lowest BCUT2D eigenvalue weighted by atomic mass is 10.1. The molecule has 160 valence electrons. The Bertz CT molecular complexity index is 918. The number of sulfonamides is 1. The van der Waals surface area contributed by atoms with Gasteiger partial charge in [-0.1, -0.05) is 13.0 Å². The molecule has 0 saturated carbocycles. The van der Waals surface area contributed by atoms with Crippen molar-refractivity contribution >= 4 is 21.6 Å². The van der Waals surface area contributed by atoms with Gasteiger partial charge < -0.3 is 10.6 Å². The molecule has 1 fully saturated rings. The monoisotopic (exact) mass is 421 g/mol. The minimum Gasteiger partial charge on any atom is -0.357 e. The molecule has 3 rings (SSSR count). The molecule has 0 atom stereocenters. The number of rotatable bonds is 8. The second-order valence-electron chi connectivity index (χ2n) is 7.19. The van der Waals surface area contributed by atoms with Crippen molar-refractivity contribution in [1.82, 2.24) is 29.5 Å². The third-order valence-corrected chi connectivity index (χ3v) is 7.06. The predicted octanol–water partition coefficient (Wildman–Crippen LogP) is 1.03. The van der Waals surface area contributed by atoms with E-state index >= 15 is 0 Å². The smallest absolute Gasteiger partial charge is 0.214 e. The molecule has 9 nitrogen and oxygen atoms in total. The molecule has 1 aliphatic rings. The summed E-state index contributed by atoms with van der Waals surface area (Å²) in [6.07, 6.45) is 4.86. The van der Waals surface area contributed by atoms with E-state index in [2.05, 4.69) is 25.8 Å². The lowest BCUT2D eigenvalue weighted by Gasteiger charge is -2.32. The van der Waals surface area contributed by atoms with E-state index in [4.69, 9.17) is 0 Å². The molecule has 0 amide bonds. The summed E-state index contributed by atoms with van der Waals surface area (Å²) in [7, 11) is -3.11. The Morgan fingerprint density at radius 3 is 2.76 bits per heavy atom. The number of hydrogen-bond donors (Lipinski definition) is 2. The number of fused-ring (bicyclic) bond motifs is 1. The number of guanidine groups is 1. The van der Waals surface area contributed by atoms with Crippen molar-refractivity contribution < 1.29 is 8.42 Å². The highest BCUT2D eigenvalue weighted by molar-refractivity contribution is 7.89. The van der Waals surface area contributed by atoms with E-state index in [-0.39, 0.29) is 11.8 Å². The maximum atomic E-state index is 12.2. The molecule has 0 spiro atoms. The van der Waals surface area contributed by atoms with Crippen molar-refractivity contribution in [1.29, 1.82) is 0 Å². The number of nitrogens with zero attached hydrogens (tertiary/aromatic N) is 5. The second kappa shape index (κ2) is 10.0. The molecule has 2 aromatic rings. The summed E-state index contributed by atoms with van der Waals surface area (Å²) >= 11 is 0. The Hall–Kier alpha value is -2.20. The summed E-state index contributed by atoms with van der Waals surface area (Å²) < 4.78 is 28.0. The fourth-order valence-electron chi connectivity index (χ4n) is 3.51. The quantitative estimate of drug-likeness (QED) is 0.487. The summed E-state index contributed by atoms with van der Waals surface area (Å²) in [4.78, 5) is 4.67. The van der Waals surface area contributed by atoms with E-state index in [0.29, 0.717) is 32.5 Å². The van der Waals surface area contributed by atoms with E-state index in [0.717, 1.165) is 36.8 Å². The molecule has 0 aliphatic carbocycles. The van der Waals surface area contributed by atoms with Gasteiger partial charge in [0.15, 0.2) is 11.6 Å². The number of nitrogens with one attached hydrogen (secondary N) is 2. The van der Waals surface area contributed by atoms with E-state index < -0.39 is 10.0 Å². The van der Waals surface area contributed by atoms with E-state index in [9.17, 15) is 8.42 Å². The van der Waals surface area contributed by atoms with Crippen LogP contribution < -0.4 is 10.6 Å². The molecule has 1 saturated heterocycles. The predicted molar refractivity (Wildman–Crippen MR) is 114 cm³/mol. The van der Waals surface area contributed by atoms with Gasteiger partial charge in [0.1, 0.15) is 5.82 Å². The number of aromatic nitrogens is 3. The van der Waals surface area contributed by atoms with Crippen LogP contribution in [-0.2, 0) is 16.4 Å². The summed E-state index contributed by atoms with van der Waals surface area (Å²) in [5.74, 6) is 1.87. The lowest BCUT2D eigenvalue weighted by Crippen LogP contribution is -2.50. The Balaban J connectivity index is 1.53. The molecule has 0 unspecified atom stereocenters. The second-order valence-corrected chi connectivity index (χ2v) is 9.28. The molecule has 3 heterocycles. The molecule has 0 bridgehead atoms. The first-order valence-electron chi connectivity index (χ1n) is 10.3. The van der Waals surface area contributed by atoms with Gasteiger partial charge in [-0.25, -0.2) is 12.7 Å². The normalized spacial score (nSPS) is 17.0. The Kier molecular flexibility index (Phi) is 7.43. The lowest BCUT2D eigenvalue weighted by molar-refractivity contribution is 0.306. The van der Waals surface area contributed by atoms with Crippen LogP contribution in [0, 0.1) is 0 Å². The summed E-state index contributed by atoms with van der Waals surface area (Å²) in [6, 6.07) is 6.05. The van der Waals surface area contributed by atoms with E-state index in [1.165, 1.54) is 0 Å². The van der Waals surface area contributed by atoms with Crippen LogP contribution in [0.1, 0.15) is 38.9 Å². The van der Waals surface area contributed by atoms with Gasteiger partial charge in [-0.2, -0.15) is 0 Å². The first-order valence-corrected chi connectivity index (χ1v) is 12.0. The molecule has 0 radical (unpaired) electrons. The Morgan fingerprint density at radius 1 is 1.24 bits per heavy atom. The fraction of sp³-hybridized carbons (Fsp3) is 0.632. The average Bonchev–Trinajstić information content (AvgIpc) is 3.12. The van der Waals surface area contributed by atoms with Crippen molar-refractivity contribution in [3.63, 3.8) is 0 Å². The molecule has 0 aromatic carbocycles. The highest BCUT2D eigenvalue weighted by atomic mass is 32.2. The highest BCUT2D eigenvalue weighted by Gasteiger charge is 2.27. The molecule has 1 aliphatic heterocycles. The molecule has 29 heavy (non-hydrogen) atoms. The zero-order valence-corrected chi connectivity index (χ0v) is 18.0. The van der Waals surface area contributed by atoms with Crippen LogP contribution in [0.25, 0.3) is 5.65 Å². The third kappa shape index (κ3) is 5.66. The average molecular weight is 422 g/mol. The molecule has 2 N–H and O–H groups in total. The highest BCUT2D eigenvalue weighted by Crippen LogP contribution is 2.15. The Labute approximate surface area is 172 Å². The third-order valence-electron chi connectivity index (χ3n) is 4.98. The van der Waals surface area contributed by atoms with Crippen LogP contribution >= 0.6 is 0 Å². The zero-order valence-electron chi connectivity index (χ0n) is 17.2. The van der Waals surface area contributed by atoms with Gasteiger partial charge in [0, 0.05) is 44.8 Å². The van der Waals surface area contributed by atoms with E-state index in [1.54, 1.807) is 4.31 Å². The SMILES string of the molecule is CCCS(=O)(=O)N1CCC(NC(=NCCc2nnc3ccccn23)NCC)CC1. The number of piperidine rings is 1. The molecular weight excluding hydrogens is 390 g/mol. The van der Waals surface area contributed by atoms with Gasteiger partial charge in [-0.3, -0.25) is 9.39 Å². The maximum absolute atomic E-state index is 12.2. The maximum Gasteiger partial charge on any atom is 0.214 e. The van der Waals surface area contributed by atoms with Crippen LogP contribution in [0.2, 0.25) is 0 Å². The van der Waals surface area contributed by atoms with Crippen molar-refractivity contribution in [2.75, 3.05) is 31.9 Å². The van der Waals surface area contributed by atoms with Crippen LogP contribution in [0.3, 0.4) is 0 Å². The van der Waals surface area contributed by atoms with Gasteiger partial charge in [0.05, 0.1) is 5.75 Å². The van der Waals surface area contributed by atoms with Crippen LogP contribution in [0.5, 0.6) is 0 Å². The standard InChI is InChI=1S/C19H31N7O2S/c1-3-15-29(27,28)25-13-9-16(10-14-25)22-19(20-4-2)21-11-8-18-24-23-17-7-5-6-12-26(17)18/h5-7,12,16H,3-4,8-11,13-15H2,1-2H3,(H2,20,21,22). The topological polar surface area (TPSA) is 104 Å². The van der Waals surface area contributed by atoms with Gasteiger partial charge in [0.2, 0.25) is 10.0 Å². The van der Waals surface area contributed by atoms with Crippen molar-refractivity contribution in [2.45, 2.75) is 45.6 Å². The first kappa shape index (κ1) is 21.5. The van der Waals surface area contributed by atoms with Gasteiger partial charge in [0.25, 0.3) is 0 Å². The number of aliphatic imine (C=N–C) groups is 1. The van der Waals surface area contributed by atoms with Gasteiger partial charge >= 0.3 is 0 Å². The fourth-order valence-corrected chi connectivity index (χ4v) is 5.05. The minimum absolute atomic E-state index is 0.217. The van der Waals surface area contributed by atoms with Crippen LogP contribution in [0.4, 0.5) is 0 Å². The number of hydrogen-bond acceptors (Lipinski definition) is 5. The zero-order chi connectivity index (χ0) is 20.7. The van der Waals surface area contributed by atoms with Gasteiger partial charge in [-0.15, -0.1) is 10.2 Å². The first-order chi connectivity index (χ1) is 14.0. The molecule has 10 heteroatoms. The van der Waals surface area contributed by atoms with Crippen LogP contribution in [0.15, 0.2) is 29.4 Å². The summed E-state index contributed by atoms with van der Waals surface area (Å²) in [5, 5.41) is 15.1. The largest absolute Gasteiger partial charge is 0.357 e. The number of pyridine rings is 1. The van der Waals surface area contributed by atoms with Crippen molar-refractivity contribution in [3.05, 3.63) is 30.2 Å². The van der Waals surface area contributed by atoms with Crippen molar-refractivity contribution in [3.8, 4) is 0 Å². The van der Waals surface area contributed by atoms with E-state index in [1.807, 2.05) is 42.6 Å². The summed E-state index contributed by atoms with van der Waals surface area (Å²) in [6.45, 7) is 6.41. The van der Waals surface area contributed by atoms with Crippen molar-refractivity contribution in [2.24, 2.45) is 4.99 Å². The molecular formula is C19H31N7O2S. The summed E-state index contributed by atoms with van der Waals surface area (Å²) in [5.41, 5.74) is 0.835.